The zero-order valence-electron chi connectivity index (χ0n) is 7.76. The minimum absolute atomic E-state index is 0.167. The lowest BCUT2D eigenvalue weighted by Gasteiger charge is -2.16. The van der Waals surface area contributed by atoms with Crippen molar-refractivity contribution < 1.29 is 4.39 Å². The summed E-state index contributed by atoms with van der Waals surface area (Å²) in [6.07, 6.45) is 2.32. The van der Waals surface area contributed by atoms with Crippen LogP contribution < -0.4 is 0 Å². The Hall–Kier alpha value is -0.920. The molecule has 0 aliphatic rings. The second-order valence-electron chi connectivity index (χ2n) is 4.20. The molecule has 0 atom stereocenters. The van der Waals surface area contributed by atoms with E-state index in [1.165, 1.54) is 18.3 Å². The van der Waals surface area contributed by atoms with E-state index in [0.29, 0.717) is 0 Å². The van der Waals surface area contributed by atoms with Gasteiger partial charge in [-0.25, -0.2) is 4.39 Å². The third-order valence-corrected chi connectivity index (χ3v) is 1.49. The standard InChI is InChI=1S/C10H14FN/c1-10(2,3)7-9-6-8(11)4-5-12-9/h4-6H,7H2,1-3H3. The van der Waals surface area contributed by atoms with E-state index in [0.717, 1.165) is 12.1 Å². The average Bonchev–Trinajstić information content (AvgIpc) is 1.82. The molecular weight excluding hydrogens is 153 g/mol. The summed E-state index contributed by atoms with van der Waals surface area (Å²) in [6.45, 7) is 6.33. The van der Waals surface area contributed by atoms with Crippen molar-refractivity contribution in [1.82, 2.24) is 4.98 Å². The van der Waals surface area contributed by atoms with Crippen LogP contribution in [0.1, 0.15) is 26.5 Å². The summed E-state index contributed by atoms with van der Waals surface area (Å²) in [6, 6.07) is 2.86. The van der Waals surface area contributed by atoms with Crippen LogP contribution in [-0.2, 0) is 6.42 Å². The van der Waals surface area contributed by atoms with Crippen molar-refractivity contribution in [2.24, 2.45) is 5.41 Å². The van der Waals surface area contributed by atoms with Crippen molar-refractivity contribution in [3.8, 4) is 0 Å². The van der Waals surface area contributed by atoms with E-state index in [4.69, 9.17) is 0 Å². The first-order valence-corrected chi connectivity index (χ1v) is 4.08. The van der Waals surface area contributed by atoms with Crippen LogP contribution >= 0.6 is 0 Å². The van der Waals surface area contributed by atoms with Gasteiger partial charge in [0.05, 0.1) is 0 Å². The topological polar surface area (TPSA) is 12.9 Å². The Morgan fingerprint density at radius 2 is 2.08 bits per heavy atom. The molecule has 0 saturated carbocycles. The van der Waals surface area contributed by atoms with E-state index in [9.17, 15) is 4.39 Å². The van der Waals surface area contributed by atoms with Gasteiger partial charge in [0.1, 0.15) is 5.82 Å². The van der Waals surface area contributed by atoms with E-state index in [1.807, 2.05) is 0 Å². The Morgan fingerprint density at radius 3 is 2.58 bits per heavy atom. The number of pyridine rings is 1. The highest BCUT2D eigenvalue weighted by atomic mass is 19.1. The van der Waals surface area contributed by atoms with E-state index >= 15 is 0 Å². The Balaban J connectivity index is 2.77. The third kappa shape index (κ3) is 2.99. The Kier molecular flexibility index (Phi) is 2.46. The van der Waals surface area contributed by atoms with Crippen molar-refractivity contribution in [2.75, 3.05) is 0 Å². The second kappa shape index (κ2) is 3.21. The van der Waals surface area contributed by atoms with E-state index in [2.05, 4.69) is 25.8 Å². The second-order valence-corrected chi connectivity index (χ2v) is 4.20. The summed E-state index contributed by atoms with van der Waals surface area (Å²) in [5, 5.41) is 0. The maximum atomic E-state index is 12.7. The zero-order valence-corrected chi connectivity index (χ0v) is 7.76. The molecule has 0 amide bonds. The fourth-order valence-corrected chi connectivity index (χ4v) is 1.09. The SMILES string of the molecule is CC(C)(C)Cc1cc(F)ccn1. The molecule has 1 aromatic rings. The number of hydrogen-bond donors (Lipinski definition) is 0. The maximum absolute atomic E-state index is 12.7. The first kappa shape index (κ1) is 9.17. The highest BCUT2D eigenvalue weighted by Crippen LogP contribution is 2.19. The van der Waals surface area contributed by atoms with Crippen LogP contribution in [0.3, 0.4) is 0 Å². The molecule has 0 fully saturated rings. The molecule has 12 heavy (non-hydrogen) atoms. The van der Waals surface area contributed by atoms with Crippen molar-refractivity contribution in [1.29, 1.82) is 0 Å². The number of rotatable bonds is 1. The van der Waals surface area contributed by atoms with Crippen molar-refractivity contribution in [3.63, 3.8) is 0 Å². The van der Waals surface area contributed by atoms with Crippen LogP contribution in [0.15, 0.2) is 18.3 Å². The molecule has 1 heterocycles. The van der Waals surface area contributed by atoms with Crippen molar-refractivity contribution >= 4 is 0 Å². The summed E-state index contributed by atoms with van der Waals surface area (Å²) in [4.78, 5) is 4.08. The highest BCUT2D eigenvalue weighted by molar-refractivity contribution is 5.07. The Labute approximate surface area is 72.6 Å². The molecule has 0 spiro atoms. The molecule has 0 bridgehead atoms. The minimum atomic E-state index is -0.204. The van der Waals surface area contributed by atoms with Gasteiger partial charge in [-0.15, -0.1) is 0 Å². The number of aromatic nitrogens is 1. The summed E-state index contributed by atoms with van der Waals surface area (Å²) in [7, 11) is 0. The first-order chi connectivity index (χ1) is 5.47. The van der Waals surface area contributed by atoms with Gasteiger partial charge in [0.15, 0.2) is 0 Å². The molecule has 0 N–H and O–H groups in total. The predicted molar refractivity (Wildman–Crippen MR) is 47.4 cm³/mol. The minimum Gasteiger partial charge on any atom is -0.261 e. The number of hydrogen-bond acceptors (Lipinski definition) is 1. The molecule has 1 rings (SSSR count). The van der Waals surface area contributed by atoms with E-state index in [-0.39, 0.29) is 11.2 Å². The van der Waals surface area contributed by atoms with Gasteiger partial charge in [-0.05, 0) is 24.0 Å². The molecule has 66 valence electrons. The molecule has 0 radical (unpaired) electrons. The molecule has 0 saturated heterocycles. The lowest BCUT2D eigenvalue weighted by Crippen LogP contribution is -2.10. The predicted octanol–water partition coefficient (Wildman–Crippen LogP) is 2.81. The third-order valence-electron chi connectivity index (χ3n) is 1.49. The molecule has 1 aromatic heterocycles. The molecule has 0 unspecified atom stereocenters. The van der Waals surface area contributed by atoms with Gasteiger partial charge in [-0.1, -0.05) is 20.8 Å². The van der Waals surface area contributed by atoms with Gasteiger partial charge in [0.25, 0.3) is 0 Å². The first-order valence-electron chi connectivity index (χ1n) is 4.08. The van der Waals surface area contributed by atoms with Crippen LogP contribution in [0.25, 0.3) is 0 Å². The molecule has 0 aromatic carbocycles. The van der Waals surface area contributed by atoms with Crippen LogP contribution in [0, 0.1) is 11.2 Å². The van der Waals surface area contributed by atoms with Crippen LogP contribution in [-0.4, -0.2) is 4.98 Å². The van der Waals surface area contributed by atoms with E-state index < -0.39 is 0 Å². The lowest BCUT2D eigenvalue weighted by molar-refractivity contribution is 0.405. The van der Waals surface area contributed by atoms with Crippen molar-refractivity contribution in [3.05, 3.63) is 29.8 Å². The summed E-state index contributed by atoms with van der Waals surface area (Å²) in [5.41, 5.74) is 0.989. The molecule has 2 heteroatoms. The Bertz CT molecular complexity index is 263. The fourth-order valence-electron chi connectivity index (χ4n) is 1.09. The normalized spacial score (nSPS) is 11.7. The molecule has 1 nitrogen and oxygen atoms in total. The van der Waals surface area contributed by atoms with E-state index in [1.54, 1.807) is 0 Å². The lowest BCUT2D eigenvalue weighted by atomic mass is 9.90. The largest absolute Gasteiger partial charge is 0.261 e. The average molecular weight is 167 g/mol. The Morgan fingerprint density at radius 1 is 1.42 bits per heavy atom. The van der Waals surface area contributed by atoms with Gasteiger partial charge in [0.2, 0.25) is 0 Å². The van der Waals surface area contributed by atoms with Gasteiger partial charge < -0.3 is 0 Å². The number of halogens is 1. The molecular formula is C10H14FN. The van der Waals surface area contributed by atoms with Gasteiger partial charge >= 0.3 is 0 Å². The molecule has 0 aliphatic carbocycles. The smallest absolute Gasteiger partial charge is 0.126 e. The zero-order chi connectivity index (χ0) is 9.19. The van der Waals surface area contributed by atoms with Crippen molar-refractivity contribution in [2.45, 2.75) is 27.2 Å². The highest BCUT2D eigenvalue weighted by Gasteiger charge is 2.12. The molecule has 0 aliphatic heterocycles. The van der Waals surface area contributed by atoms with Gasteiger partial charge in [0, 0.05) is 11.9 Å². The summed E-state index contributed by atoms with van der Waals surface area (Å²) in [5.74, 6) is -0.204. The van der Waals surface area contributed by atoms with Crippen LogP contribution in [0.4, 0.5) is 4.39 Å². The van der Waals surface area contributed by atoms with Crippen LogP contribution in [0.5, 0.6) is 0 Å². The monoisotopic (exact) mass is 167 g/mol. The summed E-state index contributed by atoms with van der Waals surface area (Å²) >= 11 is 0. The quantitative estimate of drug-likeness (QED) is 0.626. The fraction of sp³-hybridized carbons (Fsp3) is 0.500. The van der Waals surface area contributed by atoms with Gasteiger partial charge in [-0.3, -0.25) is 4.98 Å². The maximum Gasteiger partial charge on any atom is 0.126 e. The van der Waals surface area contributed by atoms with Gasteiger partial charge in [-0.2, -0.15) is 0 Å². The van der Waals surface area contributed by atoms with Crippen LogP contribution in [0.2, 0.25) is 0 Å². The summed E-state index contributed by atoms with van der Waals surface area (Å²) < 4.78 is 12.7. The number of nitrogens with zero attached hydrogens (tertiary/aromatic N) is 1.